The van der Waals surface area contributed by atoms with E-state index in [0.29, 0.717) is 0 Å². The molecule has 0 aliphatic heterocycles. The van der Waals surface area contributed by atoms with E-state index in [0.717, 1.165) is 35.5 Å². The Balaban J connectivity index is 0. The zero-order valence-corrected chi connectivity index (χ0v) is 11.9. The summed E-state index contributed by atoms with van der Waals surface area (Å²) in [5.74, 6) is 0. The highest BCUT2D eigenvalue weighted by atomic mass is 127. The molecule has 0 aliphatic rings. The number of halogens is 1. The molecule has 13 heavy (non-hydrogen) atoms. The van der Waals surface area contributed by atoms with Crippen LogP contribution in [0.1, 0.15) is 19.8 Å². The van der Waals surface area contributed by atoms with E-state index in [9.17, 15) is 0 Å². The van der Waals surface area contributed by atoms with Gasteiger partial charge in [0.25, 0.3) is 0 Å². The molecule has 0 unspecified atom stereocenters. The van der Waals surface area contributed by atoms with Crippen molar-refractivity contribution in [3.63, 3.8) is 0 Å². The third kappa shape index (κ3) is 12.6. The maximum atomic E-state index is 5.37. The van der Waals surface area contributed by atoms with E-state index in [1.54, 1.807) is 0 Å². The summed E-state index contributed by atoms with van der Waals surface area (Å²) in [6.45, 7) is 3.85. The topological polar surface area (TPSA) is 9.23 Å². The highest BCUT2D eigenvalue weighted by Gasteiger charge is 2.06. The van der Waals surface area contributed by atoms with Gasteiger partial charge in [0.1, 0.15) is 13.2 Å². The summed E-state index contributed by atoms with van der Waals surface area (Å²) in [6, 6.07) is 0. The van der Waals surface area contributed by atoms with Gasteiger partial charge in [-0.1, -0.05) is 6.92 Å². The number of ether oxygens (including phenoxy) is 1. The Kier molecular flexibility index (Phi) is 9.78. The zero-order chi connectivity index (χ0) is 9.61. The first-order valence-electron chi connectivity index (χ1n) is 4.42. The van der Waals surface area contributed by atoms with Crippen LogP contribution in [0.2, 0.25) is 0 Å². The molecule has 0 atom stereocenters. The second kappa shape index (κ2) is 7.94. The second-order valence-electron chi connectivity index (χ2n) is 3.98. The van der Waals surface area contributed by atoms with Gasteiger partial charge in [0, 0.05) is 6.42 Å². The first kappa shape index (κ1) is 16.0. The van der Waals surface area contributed by atoms with E-state index in [-0.39, 0.29) is 24.0 Å². The van der Waals surface area contributed by atoms with Crippen LogP contribution in [-0.4, -0.2) is 43.8 Å². The van der Waals surface area contributed by atoms with E-state index in [4.69, 9.17) is 17.0 Å². The molecular weight excluding hydrogens is 297 g/mol. The summed E-state index contributed by atoms with van der Waals surface area (Å²) in [4.78, 5) is 0. The quantitative estimate of drug-likeness (QED) is 0.359. The minimum Gasteiger partial charge on any atom is -1.00 e. The lowest BCUT2D eigenvalue weighted by Gasteiger charge is -2.23. The van der Waals surface area contributed by atoms with Gasteiger partial charge < -0.3 is 33.2 Å². The minimum absolute atomic E-state index is 0. The molecule has 0 N–H and O–H groups in total. The van der Waals surface area contributed by atoms with Crippen molar-refractivity contribution in [1.82, 2.24) is 0 Å². The Morgan fingerprint density at radius 2 is 1.85 bits per heavy atom. The monoisotopic (exact) mass is 317 g/mol. The van der Waals surface area contributed by atoms with Crippen molar-refractivity contribution in [3.8, 4) is 0 Å². The lowest BCUT2D eigenvalue weighted by molar-refractivity contribution is -0.870. The van der Waals surface area contributed by atoms with Crippen LogP contribution in [0.25, 0.3) is 0 Å². The molecule has 0 bridgehead atoms. The fourth-order valence-corrected chi connectivity index (χ4v) is 0.997. The number of hydrogen-bond donors (Lipinski definition) is 0. The molecule has 0 saturated heterocycles. The first-order chi connectivity index (χ1) is 5.45. The molecule has 0 fully saturated rings. The van der Waals surface area contributed by atoms with Crippen molar-refractivity contribution in [1.29, 1.82) is 0 Å². The predicted octanol–water partition coefficient (Wildman–Crippen LogP) is -1.16. The van der Waals surface area contributed by atoms with Crippen LogP contribution in [0.5, 0.6) is 0 Å². The molecule has 2 nitrogen and oxygen atoms in total. The number of nitrogens with zero attached hydrogens (tertiary/aromatic N) is 1. The molecule has 4 heteroatoms. The van der Waals surface area contributed by atoms with Crippen molar-refractivity contribution < 1.29 is 33.2 Å². The Hall–Kier alpha value is 0.580. The largest absolute Gasteiger partial charge is 1.00 e. The standard InChI is InChI=1S/C9H20NOS.HI/c1-5-6-9(12)11-8-7-10(2,3)4;/h5-8H2,1-4H3;1H/q+1;/p-1. The summed E-state index contributed by atoms with van der Waals surface area (Å²) >= 11 is 5.01. The average molecular weight is 317 g/mol. The molecular formula is C9H20INOS. The maximum Gasteiger partial charge on any atom is 0.159 e. The number of likely N-dealkylation sites (N-methyl/N-ethyl adjacent to an activating group) is 1. The molecule has 0 aliphatic carbocycles. The van der Waals surface area contributed by atoms with Gasteiger partial charge in [-0.3, -0.25) is 0 Å². The fraction of sp³-hybridized carbons (Fsp3) is 0.889. The van der Waals surface area contributed by atoms with E-state index in [2.05, 4.69) is 28.1 Å². The second-order valence-corrected chi connectivity index (χ2v) is 4.44. The summed E-state index contributed by atoms with van der Waals surface area (Å²) in [7, 11) is 6.44. The summed E-state index contributed by atoms with van der Waals surface area (Å²) < 4.78 is 6.30. The molecule has 80 valence electrons. The van der Waals surface area contributed by atoms with Crippen molar-refractivity contribution >= 4 is 17.3 Å². The molecule has 0 spiro atoms. The fourth-order valence-electron chi connectivity index (χ4n) is 0.710. The molecule has 0 radical (unpaired) electrons. The Morgan fingerprint density at radius 3 is 2.23 bits per heavy atom. The predicted molar refractivity (Wildman–Crippen MR) is 56.4 cm³/mol. The third-order valence-electron chi connectivity index (χ3n) is 1.48. The average Bonchev–Trinajstić information content (AvgIpc) is 1.84. The minimum atomic E-state index is 0. The van der Waals surface area contributed by atoms with Crippen LogP contribution in [0.3, 0.4) is 0 Å². The van der Waals surface area contributed by atoms with Crippen molar-refractivity contribution in [2.24, 2.45) is 0 Å². The molecule has 0 rings (SSSR count). The maximum absolute atomic E-state index is 5.37. The van der Waals surface area contributed by atoms with Gasteiger partial charge in [-0.05, 0) is 18.6 Å². The van der Waals surface area contributed by atoms with Gasteiger partial charge in [-0.2, -0.15) is 0 Å². The number of thiocarbonyl (C=S) groups is 1. The number of rotatable bonds is 5. The van der Waals surface area contributed by atoms with Gasteiger partial charge in [-0.25, -0.2) is 0 Å². The number of hydrogen-bond acceptors (Lipinski definition) is 2. The molecule has 0 aromatic heterocycles. The third-order valence-corrected chi connectivity index (χ3v) is 1.80. The van der Waals surface area contributed by atoms with Crippen LogP contribution in [0.4, 0.5) is 0 Å². The van der Waals surface area contributed by atoms with E-state index < -0.39 is 0 Å². The number of quaternary nitrogens is 1. The van der Waals surface area contributed by atoms with E-state index in [1.807, 2.05) is 0 Å². The summed E-state index contributed by atoms with van der Waals surface area (Å²) in [5.41, 5.74) is 0. The van der Waals surface area contributed by atoms with Crippen LogP contribution in [-0.2, 0) is 4.74 Å². The lowest BCUT2D eigenvalue weighted by Crippen LogP contribution is -3.00. The normalized spacial score (nSPS) is 10.5. The Bertz CT molecular complexity index is 145. The molecule has 0 aromatic rings. The smallest absolute Gasteiger partial charge is 0.159 e. The first-order valence-corrected chi connectivity index (χ1v) is 4.82. The van der Waals surface area contributed by atoms with E-state index >= 15 is 0 Å². The van der Waals surface area contributed by atoms with Crippen LogP contribution in [0, 0.1) is 0 Å². The molecule has 0 amide bonds. The highest BCUT2D eigenvalue weighted by Crippen LogP contribution is 1.96. The lowest BCUT2D eigenvalue weighted by atomic mass is 10.4. The summed E-state index contributed by atoms with van der Waals surface area (Å²) in [5, 5.41) is 0.756. The van der Waals surface area contributed by atoms with Gasteiger partial charge in [0.05, 0.1) is 21.1 Å². The molecule has 0 heterocycles. The van der Waals surface area contributed by atoms with Gasteiger partial charge in [0.15, 0.2) is 5.05 Å². The molecule has 0 saturated carbocycles. The molecule has 0 aromatic carbocycles. The van der Waals surface area contributed by atoms with Crippen LogP contribution in [0.15, 0.2) is 0 Å². The van der Waals surface area contributed by atoms with Crippen LogP contribution >= 0.6 is 12.2 Å². The van der Waals surface area contributed by atoms with Crippen molar-refractivity contribution in [2.45, 2.75) is 19.8 Å². The van der Waals surface area contributed by atoms with Crippen molar-refractivity contribution in [2.75, 3.05) is 34.3 Å². The van der Waals surface area contributed by atoms with Gasteiger partial charge >= 0.3 is 0 Å². The van der Waals surface area contributed by atoms with Crippen molar-refractivity contribution in [3.05, 3.63) is 0 Å². The van der Waals surface area contributed by atoms with Crippen LogP contribution < -0.4 is 24.0 Å². The zero-order valence-electron chi connectivity index (χ0n) is 8.97. The van der Waals surface area contributed by atoms with E-state index in [1.165, 1.54) is 0 Å². The van der Waals surface area contributed by atoms with Gasteiger partial charge in [0.2, 0.25) is 0 Å². The SMILES string of the molecule is CCCC(=S)OCC[N+](C)(C)C.[I-]. The Morgan fingerprint density at radius 1 is 1.31 bits per heavy atom. The highest BCUT2D eigenvalue weighted by molar-refractivity contribution is 7.80. The van der Waals surface area contributed by atoms with Gasteiger partial charge in [-0.15, -0.1) is 0 Å². The summed E-state index contributed by atoms with van der Waals surface area (Å²) in [6.07, 6.45) is 1.98. The Labute approximate surface area is 104 Å².